The maximum absolute atomic E-state index is 5.20. The van der Waals surface area contributed by atoms with E-state index >= 15 is 0 Å². The van der Waals surface area contributed by atoms with Crippen LogP contribution in [0.2, 0.25) is 0 Å². The van der Waals surface area contributed by atoms with Crippen LogP contribution in [0.25, 0.3) is 0 Å². The Morgan fingerprint density at radius 3 is 1.88 bits per heavy atom. The van der Waals surface area contributed by atoms with Crippen molar-refractivity contribution in [1.29, 1.82) is 0 Å². The summed E-state index contributed by atoms with van der Waals surface area (Å²) >= 11 is 10.4. The first-order valence-electron chi connectivity index (χ1n) is 1.78. The van der Waals surface area contributed by atoms with Gasteiger partial charge in [-0.3, -0.25) is 0 Å². The molecule has 0 aliphatic rings. The van der Waals surface area contributed by atoms with Crippen LogP contribution < -0.4 is 29.6 Å². The molecule has 0 heterocycles. The van der Waals surface area contributed by atoms with Gasteiger partial charge in [-0.05, 0) is 6.42 Å². The topological polar surface area (TPSA) is 30.0 Å². The summed E-state index contributed by atoms with van der Waals surface area (Å²) in [5, 5.41) is 0. The number of allylic oxidation sites excluding steroid dienone is 1. The Labute approximate surface area is 81.6 Å². The van der Waals surface area contributed by atoms with E-state index in [0.717, 1.165) is 6.42 Å². The Morgan fingerprint density at radius 1 is 1.50 bits per heavy atom. The smallest absolute Gasteiger partial charge is 0.870 e. The molecule has 1 nitrogen and oxygen atoms in total. The summed E-state index contributed by atoms with van der Waals surface area (Å²) in [7, 11) is 0. The molecule has 0 bridgehead atoms. The molecule has 0 atom stereocenters. The van der Waals surface area contributed by atoms with Gasteiger partial charge in [0.2, 0.25) is 0 Å². The second kappa shape index (κ2) is 11.1. The second-order valence-corrected chi connectivity index (χ2v) is 1.91. The number of halogens is 2. The number of hydrogen-bond donors (Lipinski definition) is 0. The van der Waals surface area contributed by atoms with Crippen LogP contribution in [0.5, 0.6) is 0 Å². The first kappa shape index (κ1) is 16.1. The van der Waals surface area contributed by atoms with Crippen LogP contribution >= 0.6 is 23.2 Å². The SMILES string of the molecule is CCC=C(Cl)Cl.[Na+].[OH-]. The molecule has 8 heavy (non-hydrogen) atoms. The molecule has 4 heteroatoms. The van der Waals surface area contributed by atoms with Crippen molar-refractivity contribution in [2.24, 2.45) is 0 Å². The van der Waals surface area contributed by atoms with Crippen LogP contribution in [0.1, 0.15) is 13.3 Å². The van der Waals surface area contributed by atoms with Gasteiger partial charge in [0, 0.05) is 0 Å². The van der Waals surface area contributed by atoms with E-state index in [1.165, 1.54) is 0 Å². The molecular formula is C4H7Cl2NaO. The number of hydrogen-bond acceptors (Lipinski definition) is 1. The molecular weight excluding hydrogens is 158 g/mol. The van der Waals surface area contributed by atoms with Gasteiger partial charge in [0.25, 0.3) is 0 Å². The van der Waals surface area contributed by atoms with E-state index < -0.39 is 0 Å². The minimum atomic E-state index is 0. The van der Waals surface area contributed by atoms with E-state index in [-0.39, 0.29) is 35.0 Å². The quantitative estimate of drug-likeness (QED) is 0.483. The molecule has 1 N–H and O–H groups in total. The van der Waals surface area contributed by atoms with Crippen molar-refractivity contribution in [3.8, 4) is 0 Å². The summed E-state index contributed by atoms with van der Waals surface area (Å²) in [6, 6.07) is 0. The fourth-order valence-corrected chi connectivity index (χ4v) is 0.463. The van der Waals surface area contributed by atoms with Crippen molar-refractivity contribution in [1.82, 2.24) is 0 Å². The molecule has 0 amide bonds. The predicted molar refractivity (Wildman–Crippen MR) is 32.0 cm³/mol. The van der Waals surface area contributed by atoms with Crippen molar-refractivity contribution in [3.05, 3.63) is 10.6 Å². The van der Waals surface area contributed by atoms with Crippen LogP contribution in [-0.2, 0) is 0 Å². The van der Waals surface area contributed by atoms with E-state index in [2.05, 4.69) is 0 Å². The molecule has 44 valence electrons. The molecule has 0 aromatic carbocycles. The fourth-order valence-electron chi connectivity index (χ4n) is 0.154. The summed E-state index contributed by atoms with van der Waals surface area (Å²) in [6.07, 6.45) is 2.64. The van der Waals surface area contributed by atoms with Gasteiger partial charge in [-0.2, -0.15) is 0 Å². The Morgan fingerprint density at radius 2 is 1.88 bits per heavy atom. The van der Waals surface area contributed by atoms with Gasteiger partial charge >= 0.3 is 29.6 Å². The summed E-state index contributed by atoms with van der Waals surface area (Å²) < 4.78 is 0.359. The predicted octanol–water partition coefficient (Wildman–Crippen LogP) is -0.457. The molecule has 0 rings (SSSR count). The maximum atomic E-state index is 5.20. The maximum Gasteiger partial charge on any atom is 1.00 e. The molecule has 0 aliphatic heterocycles. The van der Waals surface area contributed by atoms with E-state index in [9.17, 15) is 0 Å². The average molecular weight is 165 g/mol. The summed E-state index contributed by atoms with van der Waals surface area (Å²) in [4.78, 5) is 0. The van der Waals surface area contributed by atoms with Gasteiger partial charge < -0.3 is 5.48 Å². The minimum Gasteiger partial charge on any atom is -0.870 e. The van der Waals surface area contributed by atoms with Crippen molar-refractivity contribution in [2.75, 3.05) is 0 Å². The molecule has 0 aromatic rings. The van der Waals surface area contributed by atoms with Gasteiger partial charge in [-0.25, -0.2) is 0 Å². The third-order valence-corrected chi connectivity index (χ3v) is 0.667. The molecule has 0 aromatic heterocycles. The normalized spacial score (nSPS) is 5.88. The van der Waals surface area contributed by atoms with Gasteiger partial charge in [-0.1, -0.05) is 36.2 Å². The second-order valence-electron chi connectivity index (χ2n) is 0.902. The summed E-state index contributed by atoms with van der Waals surface area (Å²) in [5.74, 6) is 0. The van der Waals surface area contributed by atoms with Gasteiger partial charge in [0.1, 0.15) is 4.49 Å². The first-order valence-corrected chi connectivity index (χ1v) is 2.54. The molecule has 0 saturated heterocycles. The van der Waals surface area contributed by atoms with Crippen LogP contribution in [-0.4, -0.2) is 5.48 Å². The van der Waals surface area contributed by atoms with E-state index in [0.29, 0.717) is 4.49 Å². The third kappa shape index (κ3) is 15.7. The summed E-state index contributed by atoms with van der Waals surface area (Å²) in [6.45, 7) is 1.98. The minimum absolute atomic E-state index is 0. The molecule has 0 spiro atoms. The Kier molecular flexibility index (Phi) is 22.4. The Balaban J connectivity index is -0.000000125. The fraction of sp³-hybridized carbons (Fsp3) is 0.500. The van der Waals surface area contributed by atoms with Crippen molar-refractivity contribution in [2.45, 2.75) is 13.3 Å². The standard InChI is InChI=1S/C4H6Cl2.Na.H2O/c1-2-3-4(5)6;;/h3H,2H2,1H3;;1H2/q;+1;/p-1. The largest absolute Gasteiger partial charge is 1.00 e. The van der Waals surface area contributed by atoms with Crippen LogP contribution in [0.4, 0.5) is 0 Å². The zero-order valence-corrected chi connectivity index (χ0v) is 8.50. The number of rotatable bonds is 1. The van der Waals surface area contributed by atoms with Gasteiger partial charge in [0.15, 0.2) is 0 Å². The monoisotopic (exact) mass is 164 g/mol. The van der Waals surface area contributed by atoms with Crippen molar-refractivity contribution >= 4 is 23.2 Å². The average Bonchev–Trinajstić information content (AvgIpc) is 1.35. The van der Waals surface area contributed by atoms with Gasteiger partial charge in [0.05, 0.1) is 0 Å². The first-order chi connectivity index (χ1) is 2.77. The van der Waals surface area contributed by atoms with E-state index in [1.54, 1.807) is 6.08 Å². The zero-order chi connectivity index (χ0) is 4.99. The molecule has 0 saturated carbocycles. The third-order valence-electron chi connectivity index (χ3n) is 0.358. The zero-order valence-electron chi connectivity index (χ0n) is 4.99. The van der Waals surface area contributed by atoms with Crippen LogP contribution in [0, 0.1) is 0 Å². The summed E-state index contributed by atoms with van der Waals surface area (Å²) in [5.41, 5.74) is 0. The molecule has 0 aliphatic carbocycles. The van der Waals surface area contributed by atoms with E-state index in [1.807, 2.05) is 6.92 Å². The van der Waals surface area contributed by atoms with E-state index in [4.69, 9.17) is 23.2 Å². The van der Waals surface area contributed by atoms with Crippen LogP contribution in [0.15, 0.2) is 10.6 Å². The molecule has 0 fully saturated rings. The molecule has 0 unspecified atom stereocenters. The van der Waals surface area contributed by atoms with Crippen molar-refractivity contribution in [3.63, 3.8) is 0 Å². The Hall–Kier alpha value is 1.28. The molecule has 0 radical (unpaired) electrons. The van der Waals surface area contributed by atoms with Gasteiger partial charge in [-0.15, -0.1) is 0 Å². The van der Waals surface area contributed by atoms with Crippen LogP contribution in [0.3, 0.4) is 0 Å². The Bertz CT molecular complexity index is 61.1. The van der Waals surface area contributed by atoms with Crippen molar-refractivity contribution < 1.29 is 35.0 Å².